The first-order valence-electron chi connectivity index (χ1n) is 9.56. The van der Waals surface area contributed by atoms with E-state index in [1.54, 1.807) is 0 Å². The van der Waals surface area contributed by atoms with Gasteiger partial charge in [-0.2, -0.15) is 0 Å². The lowest BCUT2D eigenvalue weighted by molar-refractivity contribution is -0.261. The molecule has 2 aliphatic heterocycles. The Hall–Kier alpha value is -3.38. The van der Waals surface area contributed by atoms with Gasteiger partial charge in [0.15, 0.2) is 17.6 Å². The average Bonchev–Trinajstić information content (AvgIpc) is 2.75. The molecule has 2 aromatic rings. The van der Waals surface area contributed by atoms with E-state index in [4.69, 9.17) is 18.9 Å². The molecule has 11 heteroatoms. The van der Waals surface area contributed by atoms with Gasteiger partial charge in [-0.1, -0.05) is 0 Å². The quantitative estimate of drug-likeness (QED) is 0.322. The molecular weight excluding hydrogens is 428 g/mol. The van der Waals surface area contributed by atoms with E-state index >= 15 is 0 Å². The highest BCUT2D eigenvalue weighted by molar-refractivity contribution is 5.70. The van der Waals surface area contributed by atoms with Crippen LogP contribution in [0.4, 0.5) is 0 Å². The molecule has 2 aliphatic rings. The normalized spacial score (nSPS) is 27.1. The minimum Gasteiger partial charge on any atom is -0.508 e. The van der Waals surface area contributed by atoms with Gasteiger partial charge in [0.25, 0.3) is 0 Å². The molecular formula is C21H22O11. The summed E-state index contributed by atoms with van der Waals surface area (Å²) in [5, 5.41) is 69.9. The molecule has 172 valence electrons. The topological polar surface area (TPSA) is 179 Å². The summed E-state index contributed by atoms with van der Waals surface area (Å²) >= 11 is 0. The Morgan fingerprint density at radius 1 is 0.938 bits per heavy atom. The van der Waals surface area contributed by atoms with Crippen LogP contribution in [0, 0.1) is 0 Å². The third kappa shape index (κ3) is 3.82. The van der Waals surface area contributed by atoms with E-state index in [0.717, 1.165) is 6.07 Å². The fourth-order valence-corrected chi connectivity index (χ4v) is 3.51. The van der Waals surface area contributed by atoms with E-state index < -0.39 is 42.2 Å². The van der Waals surface area contributed by atoms with Crippen molar-refractivity contribution in [2.45, 2.75) is 30.7 Å². The zero-order chi connectivity index (χ0) is 23.2. The van der Waals surface area contributed by atoms with E-state index in [-0.39, 0.29) is 46.5 Å². The fraction of sp³-hybridized carbons (Fsp3) is 0.333. The first-order valence-corrected chi connectivity index (χ1v) is 9.56. The summed E-state index contributed by atoms with van der Waals surface area (Å²) < 4.78 is 22.0. The molecule has 1 fully saturated rings. The van der Waals surface area contributed by atoms with Gasteiger partial charge in [-0.25, -0.2) is 0 Å². The van der Waals surface area contributed by atoms with Crippen LogP contribution in [-0.2, 0) is 9.47 Å². The number of aromatic hydroxyl groups is 4. The Morgan fingerprint density at radius 2 is 1.69 bits per heavy atom. The number of hydrogen-bond donors (Lipinski definition) is 7. The fourth-order valence-electron chi connectivity index (χ4n) is 3.51. The summed E-state index contributed by atoms with van der Waals surface area (Å²) in [7, 11) is 1.29. The lowest BCUT2D eigenvalue weighted by Crippen LogP contribution is -2.53. The van der Waals surface area contributed by atoms with Crippen molar-refractivity contribution in [3.63, 3.8) is 0 Å². The molecule has 11 nitrogen and oxygen atoms in total. The summed E-state index contributed by atoms with van der Waals surface area (Å²) in [5.74, 6) is -1.53. The van der Waals surface area contributed by atoms with Gasteiger partial charge in [-0.3, -0.25) is 0 Å². The number of phenols is 4. The highest BCUT2D eigenvalue weighted by atomic mass is 16.7. The molecule has 0 aromatic heterocycles. The average molecular weight is 450 g/mol. The molecule has 32 heavy (non-hydrogen) atoms. The minimum absolute atomic E-state index is 0.00160. The number of methoxy groups -OCH3 is 1. The maximum atomic E-state index is 10.2. The monoisotopic (exact) mass is 450 g/mol. The van der Waals surface area contributed by atoms with Crippen molar-refractivity contribution in [1.29, 1.82) is 0 Å². The number of fused-ring (bicyclic) bond motifs is 1. The maximum absolute atomic E-state index is 10.2. The minimum atomic E-state index is -1.60. The molecule has 0 saturated carbocycles. The number of rotatable bonds is 4. The molecule has 2 aromatic carbocycles. The lowest BCUT2D eigenvalue weighted by atomic mass is 10.00. The van der Waals surface area contributed by atoms with E-state index in [1.807, 2.05) is 0 Å². The van der Waals surface area contributed by atoms with Gasteiger partial charge in [-0.15, -0.1) is 0 Å². The molecule has 0 bridgehead atoms. The first kappa shape index (κ1) is 21.8. The van der Waals surface area contributed by atoms with Gasteiger partial charge in [0.05, 0.1) is 19.3 Å². The highest BCUT2D eigenvalue weighted by Gasteiger charge is 2.41. The second kappa shape index (κ2) is 8.28. The number of aliphatic hydroxyl groups excluding tert-OH is 3. The van der Waals surface area contributed by atoms with Crippen LogP contribution in [0.25, 0.3) is 6.08 Å². The van der Waals surface area contributed by atoms with Crippen molar-refractivity contribution in [2.75, 3.05) is 13.7 Å². The van der Waals surface area contributed by atoms with Crippen LogP contribution in [0.15, 0.2) is 30.0 Å². The van der Waals surface area contributed by atoms with Gasteiger partial charge in [0, 0.05) is 17.7 Å². The van der Waals surface area contributed by atoms with Crippen molar-refractivity contribution in [3.05, 3.63) is 41.2 Å². The standard InChI is InChI=1S/C21H22O11/c1-29-15-3-8(2-12(24)17(15)26)20-16(32-21-19(28)18(27)13(25)7-30-21)6-10-11(23)4-9(22)5-14(10)31-20/h2-6,13,18-28H,7H2,1H3/t13-,18-,19-,20?,21-/m1/s1. The second-order valence-electron chi connectivity index (χ2n) is 7.38. The Bertz CT molecular complexity index is 1050. The van der Waals surface area contributed by atoms with Gasteiger partial charge in [-0.05, 0) is 18.2 Å². The Labute approximate surface area is 181 Å². The second-order valence-corrected chi connectivity index (χ2v) is 7.38. The van der Waals surface area contributed by atoms with Crippen molar-refractivity contribution in [3.8, 4) is 34.5 Å². The SMILES string of the molecule is COc1cc(C2Oc3cc(O)cc(O)c3C=C2O[C@H]2OC[C@@H](O)[C@@H](O)[C@H]2O)cc(O)c1O. The number of aliphatic hydroxyl groups is 3. The van der Waals surface area contributed by atoms with E-state index in [1.165, 1.54) is 31.4 Å². The van der Waals surface area contributed by atoms with Crippen LogP contribution < -0.4 is 9.47 Å². The summed E-state index contributed by atoms with van der Waals surface area (Å²) in [6.07, 6.45) is -5.54. The number of phenolic OH excluding ortho intramolecular Hbond substituents is 4. The Balaban J connectivity index is 1.77. The highest BCUT2D eigenvalue weighted by Crippen LogP contribution is 2.46. The molecule has 0 radical (unpaired) electrons. The first-order chi connectivity index (χ1) is 15.2. The number of hydrogen-bond acceptors (Lipinski definition) is 11. The van der Waals surface area contributed by atoms with Gasteiger partial charge < -0.3 is 54.7 Å². The summed E-state index contributed by atoms with van der Waals surface area (Å²) in [5.41, 5.74) is 0.415. The lowest BCUT2D eigenvalue weighted by Gasteiger charge is -2.37. The van der Waals surface area contributed by atoms with Crippen LogP contribution in [0.1, 0.15) is 17.2 Å². The third-order valence-corrected chi connectivity index (χ3v) is 5.20. The third-order valence-electron chi connectivity index (χ3n) is 5.20. The van der Waals surface area contributed by atoms with Gasteiger partial charge in [0.1, 0.15) is 41.3 Å². The zero-order valence-electron chi connectivity index (χ0n) is 16.7. The number of benzene rings is 2. The smallest absolute Gasteiger partial charge is 0.228 e. The molecule has 0 spiro atoms. The van der Waals surface area contributed by atoms with Crippen molar-refractivity contribution in [1.82, 2.24) is 0 Å². The largest absolute Gasteiger partial charge is 0.508 e. The van der Waals surface area contributed by atoms with Gasteiger partial charge in [0.2, 0.25) is 12.0 Å². The van der Waals surface area contributed by atoms with Crippen molar-refractivity contribution < 1.29 is 54.7 Å². The van der Waals surface area contributed by atoms with E-state index in [2.05, 4.69) is 0 Å². The molecule has 5 atom stereocenters. The summed E-state index contributed by atoms with van der Waals surface area (Å²) in [6.45, 7) is -0.300. The summed E-state index contributed by atoms with van der Waals surface area (Å²) in [6, 6.07) is 4.93. The molecule has 0 amide bonds. The molecule has 1 saturated heterocycles. The predicted octanol–water partition coefficient (Wildman–Crippen LogP) is 0.448. The van der Waals surface area contributed by atoms with Crippen molar-refractivity contribution >= 4 is 6.08 Å². The Kier molecular flexibility index (Phi) is 5.65. The molecule has 1 unspecified atom stereocenters. The number of ether oxygens (including phenoxy) is 4. The molecule has 7 N–H and O–H groups in total. The Morgan fingerprint density at radius 3 is 2.41 bits per heavy atom. The van der Waals surface area contributed by atoms with Crippen molar-refractivity contribution in [2.24, 2.45) is 0 Å². The molecule has 0 aliphatic carbocycles. The van der Waals surface area contributed by atoms with E-state index in [9.17, 15) is 35.7 Å². The van der Waals surface area contributed by atoms with E-state index in [0.29, 0.717) is 0 Å². The molecule has 2 heterocycles. The van der Waals surface area contributed by atoms with Crippen LogP contribution in [0.3, 0.4) is 0 Å². The zero-order valence-corrected chi connectivity index (χ0v) is 16.7. The van der Waals surface area contributed by atoms with Crippen LogP contribution in [-0.4, -0.2) is 74.1 Å². The maximum Gasteiger partial charge on any atom is 0.228 e. The molecule has 4 rings (SSSR count). The van der Waals surface area contributed by atoms with Crippen LogP contribution >= 0.6 is 0 Å². The van der Waals surface area contributed by atoms with Crippen LogP contribution in [0.2, 0.25) is 0 Å². The van der Waals surface area contributed by atoms with Gasteiger partial charge >= 0.3 is 0 Å². The summed E-state index contributed by atoms with van der Waals surface area (Å²) in [4.78, 5) is 0. The van der Waals surface area contributed by atoms with Crippen LogP contribution in [0.5, 0.6) is 34.5 Å². The predicted molar refractivity (Wildman–Crippen MR) is 106 cm³/mol.